The van der Waals surface area contributed by atoms with Crippen LogP contribution in [-0.2, 0) is 16.1 Å². The summed E-state index contributed by atoms with van der Waals surface area (Å²) in [5, 5.41) is 2.91. The topological polar surface area (TPSA) is 95.7 Å². The average Bonchev–Trinajstić information content (AvgIpc) is 2.73. The molecule has 4 atom stereocenters. The second kappa shape index (κ2) is 8.14. The Morgan fingerprint density at radius 1 is 1.17 bits per heavy atom. The van der Waals surface area contributed by atoms with Crippen molar-refractivity contribution in [3.63, 3.8) is 0 Å². The number of hydrogen-bond donors (Lipinski definition) is 2. The standard InChI is InChI=1S/C22H30N4O3/c1-14(27)24-11-20-18-9-17(19-3-2-4-21(28)26(19)20)12-25(13-18)22(29)16-7-5-15(10-23)6-8-16/h5-8,17-20H,2-4,9-13,23H2,1H3,(H,24,27)/t17-,18+,19+,20+/m1/s1. The number of nitrogens with two attached hydrogens (primary N) is 1. The van der Waals surface area contributed by atoms with Gasteiger partial charge < -0.3 is 20.9 Å². The lowest BCUT2D eigenvalue weighted by atomic mass is 9.72. The van der Waals surface area contributed by atoms with Crippen LogP contribution >= 0.6 is 0 Å². The number of rotatable bonds is 4. The number of carbonyl (C=O) groups excluding carboxylic acids is 3. The number of amides is 3. The van der Waals surface area contributed by atoms with Gasteiger partial charge in [-0.25, -0.2) is 0 Å². The summed E-state index contributed by atoms with van der Waals surface area (Å²) in [6.07, 6.45) is 3.48. The fourth-order valence-electron chi connectivity index (χ4n) is 5.42. The maximum atomic E-state index is 13.2. The van der Waals surface area contributed by atoms with Gasteiger partial charge in [0.1, 0.15) is 0 Å². The Morgan fingerprint density at radius 3 is 2.59 bits per heavy atom. The van der Waals surface area contributed by atoms with Crippen molar-refractivity contribution in [2.45, 2.75) is 51.2 Å². The molecule has 3 aliphatic heterocycles. The minimum absolute atomic E-state index is 0.0387. The number of nitrogens with zero attached hydrogens (tertiary/aromatic N) is 2. The van der Waals surface area contributed by atoms with E-state index < -0.39 is 0 Å². The zero-order valence-corrected chi connectivity index (χ0v) is 17.0. The Kier molecular flexibility index (Phi) is 5.58. The molecule has 0 aromatic heterocycles. The summed E-state index contributed by atoms with van der Waals surface area (Å²) >= 11 is 0. The quantitative estimate of drug-likeness (QED) is 0.795. The van der Waals surface area contributed by atoms with Crippen LogP contribution in [0.25, 0.3) is 0 Å². The molecule has 3 aliphatic rings. The van der Waals surface area contributed by atoms with Gasteiger partial charge in [-0.15, -0.1) is 0 Å². The molecular formula is C22H30N4O3. The van der Waals surface area contributed by atoms with Crippen molar-refractivity contribution >= 4 is 17.7 Å². The van der Waals surface area contributed by atoms with Crippen molar-refractivity contribution in [1.29, 1.82) is 0 Å². The molecule has 3 fully saturated rings. The first-order chi connectivity index (χ1) is 14.0. The Hall–Kier alpha value is -2.41. The molecule has 7 heteroatoms. The smallest absolute Gasteiger partial charge is 0.253 e. The average molecular weight is 399 g/mol. The highest BCUT2D eigenvalue weighted by atomic mass is 16.2. The lowest BCUT2D eigenvalue weighted by molar-refractivity contribution is -0.151. The summed E-state index contributed by atoms with van der Waals surface area (Å²) in [7, 11) is 0. The first-order valence-corrected chi connectivity index (χ1v) is 10.6. The van der Waals surface area contributed by atoms with E-state index in [-0.39, 0.29) is 35.7 Å². The van der Waals surface area contributed by atoms with Crippen LogP contribution in [0.2, 0.25) is 0 Å². The van der Waals surface area contributed by atoms with Crippen LogP contribution in [0.15, 0.2) is 24.3 Å². The number of piperidine rings is 3. The highest BCUT2D eigenvalue weighted by molar-refractivity contribution is 5.94. The number of nitrogens with one attached hydrogen (secondary N) is 1. The van der Waals surface area contributed by atoms with Gasteiger partial charge in [0.15, 0.2) is 0 Å². The third-order valence-corrected chi connectivity index (χ3v) is 6.78. The SMILES string of the molecule is CC(=O)NC[C@H]1[C@H]2C[C@H](CN(C(=O)c3ccc(CN)cc3)C2)[C@@H]2CCCC(=O)N21. The summed E-state index contributed by atoms with van der Waals surface area (Å²) in [4.78, 5) is 41.4. The van der Waals surface area contributed by atoms with Gasteiger partial charge in [-0.3, -0.25) is 14.4 Å². The van der Waals surface area contributed by atoms with Gasteiger partial charge in [0.2, 0.25) is 11.8 Å². The first kappa shape index (κ1) is 19.9. The molecule has 156 valence electrons. The van der Waals surface area contributed by atoms with Crippen LogP contribution in [-0.4, -0.2) is 59.2 Å². The predicted molar refractivity (Wildman–Crippen MR) is 109 cm³/mol. The molecular weight excluding hydrogens is 368 g/mol. The molecule has 7 nitrogen and oxygen atoms in total. The number of hydrogen-bond acceptors (Lipinski definition) is 4. The summed E-state index contributed by atoms with van der Waals surface area (Å²) in [5.41, 5.74) is 7.34. The number of benzene rings is 1. The van der Waals surface area contributed by atoms with Gasteiger partial charge in [0, 0.05) is 51.1 Å². The molecule has 29 heavy (non-hydrogen) atoms. The molecule has 0 saturated carbocycles. The van der Waals surface area contributed by atoms with Crippen LogP contribution in [0.5, 0.6) is 0 Å². The van der Waals surface area contributed by atoms with Crippen molar-refractivity contribution in [3.05, 3.63) is 35.4 Å². The van der Waals surface area contributed by atoms with Crippen molar-refractivity contribution in [1.82, 2.24) is 15.1 Å². The normalized spacial score (nSPS) is 28.7. The Bertz CT molecular complexity index is 794. The lowest BCUT2D eigenvalue weighted by Gasteiger charge is -2.56. The van der Waals surface area contributed by atoms with Gasteiger partial charge >= 0.3 is 0 Å². The second-order valence-electron chi connectivity index (χ2n) is 8.63. The summed E-state index contributed by atoms with van der Waals surface area (Å²) in [5.74, 6) is 0.641. The fourth-order valence-corrected chi connectivity index (χ4v) is 5.42. The predicted octanol–water partition coefficient (Wildman–Crippen LogP) is 1.12. The van der Waals surface area contributed by atoms with Crippen LogP contribution in [0.4, 0.5) is 0 Å². The molecule has 3 amide bonds. The molecule has 1 aromatic rings. The number of carbonyl (C=O) groups is 3. The van der Waals surface area contributed by atoms with E-state index in [4.69, 9.17) is 5.73 Å². The van der Waals surface area contributed by atoms with E-state index in [2.05, 4.69) is 10.2 Å². The minimum atomic E-state index is -0.0862. The highest BCUT2D eigenvalue weighted by Crippen LogP contribution is 2.41. The van der Waals surface area contributed by atoms with Gasteiger partial charge in [-0.1, -0.05) is 12.1 Å². The van der Waals surface area contributed by atoms with E-state index >= 15 is 0 Å². The summed E-state index contributed by atoms with van der Waals surface area (Å²) in [6, 6.07) is 7.63. The maximum absolute atomic E-state index is 13.2. The van der Waals surface area contributed by atoms with E-state index in [1.54, 1.807) is 0 Å². The molecule has 3 N–H and O–H groups in total. The largest absolute Gasteiger partial charge is 0.354 e. The molecule has 3 saturated heterocycles. The molecule has 3 heterocycles. The van der Waals surface area contributed by atoms with E-state index in [9.17, 15) is 14.4 Å². The maximum Gasteiger partial charge on any atom is 0.253 e. The first-order valence-electron chi connectivity index (χ1n) is 10.6. The number of likely N-dealkylation sites (tertiary alicyclic amines) is 1. The third kappa shape index (κ3) is 3.88. The Labute approximate surface area is 171 Å². The van der Waals surface area contributed by atoms with Crippen molar-refractivity contribution in [2.75, 3.05) is 19.6 Å². The molecule has 1 aromatic carbocycles. The van der Waals surface area contributed by atoms with E-state index in [1.165, 1.54) is 6.92 Å². The Morgan fingerprint density at radius 2 is 1.90 bits per heavy atom. The highest BCUT2D eigenvalue weighted by Gasteiger charge is 2.50. The second-order valence-corrected chi connectivity index (χ2v) is 8.63. The van der Waals surface area contributed by atoms with Crippen LogP contribution in [0, 0.1) is 11.8 Å². The van der Waals surface area contributed by atoms with Crippen LogP contribution < -0.4 is 11.1 Å². The van der Waals surface area contributed by atoms with Crippen molar-refractivity contribution in [3.8, 4) is 0 Å². The van der Waals surface area contributed by atoms with Gasteiger partial charge in [0.25, 0.3) is 5.91 Å². The zero-order valence-electron chi connectivity index (χ0n) is 17.0. The molecule has 0 unspecified atom stereocenters. The van der Waals surface area contributed by atoms with Gasteiger partial charge in [-0.2, -0.15) is 0 Å². The Balaban J connectivity index is 1.56. The third-order valence-electron chi connectivity index (χ3n) is 6.78. The molecule has 0 spiro atoms. The molecule has 0 aliphatic carbocycles. The van der Waals surface area contributed by atoms with Crippen LogP contribution in [0.3, 0.4) is 0 Å². The lowest BCUT2D eigenvalue weighted by Crippen LogP contribution is -2.67. The minimum Gasteiger partial charge on any atom is -0.354 e. The monoisotopic (exact) mass is 398 g/mol. The van der Waals surface area contributed by atoms with Crippen molar-refractivity contribution in [2.24, 2.45) is 17.6 Å². The van der Waals surface area contributed by atoms with E-state index in [0.717, 1.165) is 24.8 Å². The van der Waals surface area contributed by atoms with Gasteiger partial charge in [-0.05, 0) is 48.8 Å². The fraction of sp³-hybridized carbons (Fsp3) is 0.591. The van der Waals surface area contributed by atoms with E-state index in [1.807, 2.05) is 29.2 Å². The summed E-state index contributed by atoms with van der Waals surface area (Å²) < 4.78 is 0. The van der Waals surface area contributed by atoms with Crippen LogP contribution in [0.1, 0.15) is 48.5 Å². The molecule has 0 radical (unpaired) electrons. The number of fused-ring (bicyclic) bond motifs is 4. The summed E-state index contributed by atoms with van der Waals surface area (Å²) in [6.45, 7) is 3.73. The molecule has 4 rings (SSSR count). The van der Waals surface area contributed by atoms with Gasteiger partial charge in [0.05, 0.1) is 6.04 Å². The zero-order chi connectivity index (χ0) is 20.5. The van der Waals surface area contributed by atoms with E-state index in [0.29, 0.717) is 44.1 Å². The molecule has 2 bridgehead atoms. The van der Waals surface area contributed by atoms with Crippen molar-refractivity contribution < 1.29 is 14.4 Å².